The Morgan fingerprint density at radius 2 is 1.36 bits per heavy atom. The van der Waals surface area contributed by atoms with Gasteiger partial charge in [0.05, 0.1) is 28.1 Å². The van der Waals surface area contributed by atoms with Crippen molar-refractivity contribution in [3.63, 3.8) is 0 Å². The second kappa shape index (κ2) is 16.8. The Hall–Kier alpha value is -6.64. The third-order valence-corrected chi connectivity index (χ3v) is 15.8. The number of nitrogens with zero attached hydrogens (tertiary/aromatic N) is 3. The molecule has 64 heavy (non-hydrogen) atoms. The molecule has 0 spiro atoms. The summed E-state index contributed by atoms with van der Waals surface area (Å²) in [5, 5.41) is 5.39. The molecule has 0 aliphatic carbocycles. The molecule has 4 aromatic heterocycles. The van der Waals surface area contributed by atoms with Crippen LogP contribution in [-0.2, 0) is 26.5 Å². The van der Waals surface area contributed by atoms with Crippen molar-refractivity contribution in [2.45, 2.75) is 23.6 Å². The number of para-hydroxylation sites is 3. The molecule has 313 valence electrons. The number of fused-ring (bicyclic) bond motifs is 8. The molecule has 0 amide bonds. The molecule has 0 aliphatic heterocycles. The Labute approximate surface area is 388 Å². The molecule has 0 aliphatic rings. The number of imidazole rings is 1. The van der Waals surface area contributed by atoms with Gasteiger partial charge in [-0.15, -0.1) is 12.1 Å². The molecule has 0 bridgehead atoms. The fraction of sp³-hybridized carbons (Fsp3) is 0.0714. The Balaban J connectivity index is 0.000000171. The predicted octanol–water partition coefficient (Wildman–Crippen LogP) is 14.3. The molecule has 0 saturated heterocycles. The van der Waals surface area contributed by atoms with Gasteiger partial charge in [0.15, 0.2) is 5.58 Å². The summed E-state index contributed by atoms with van der Waals surface area (Å²) in [6.07, 6.45) is 0.341. The number of benzene rings is 8. The molecule has 0 N–H and O–H groups in total. The number of pyridine rings is 1. The average Bonchev–Trinajstić information content (AvgIpc) is 4.03. The number of hydrogen-bond acceptors (Lipinski definition) is 4. The number of halogens is 1. The van der Waals surface area contributed by atoms with Crippen LogP contribution in [0.1, 0.15) is 13.9 Å². The van der Waals surface area contributed by atoms with Gasteiger partial charge in [-0.25, -0.2) is 0 Å². The zero-order valence-electron chi connectivity index (χ0n) is 37.1. The van der Waals surface area contributed by atoms with Gasteiger partial charge in [0.1, 0.15) is 11.2 Å². The predicted molar refractivity (Wildman–Crippen MR) is 258 cm³/mol. The fourth-order valence-electron chi connectivity index (χ4n) is 8.51. The first-order valence-electron chi connectivity index (χ1n) is 21.9. The summed E-state index contributed by atoms with van der Waals surface area (Å²) in [4.78, 5) is 9.76. The van der Waals surface area contributed by atoms with Crippen LogP contribution < -0.4 is 4.40 Å². The average molecular weight is 1070 g/mol. The van der Waals surface area contributed by atoms with Crippen LogP contribution in [0.2, 0.25) is 17.3 Å². The Bertz CT molecular complexity index is 3770. The normalized spacial score (nSPS) is 12.4. The molecule has 8 aromatic carbocycles. The van der Waals surface area contributed by atoms with E-state index in [1.54, 1.807) is 0 Å². The zero-order valence-corrected chi connectivity index (χ0v) is 39.6. The van der Waals surface area contributed by atoms with E-state index in [9.17, 15) is 0 Å². The van der Waals surface area contributed by atoms with Gasteiger partial charge in [0.25, 0.3) is 0 Å². The standard InChI is InChI=1S/C35H18FN2O2.C21H22GeN.Ir/c36-26-17-16-25(34-32(26)24-11-4-6-15-31(24)40-34)35-37-27-18-20-8-1-2-9-21(20)19-29(27)38(35)28-13-7-12-23-22-10-3-5-14-30(22)39-33(23)28;1-22(2,3)20-16-23-21(18-12-8-5-9-13-18)15-19(20)14-17-10-6-4-7-11-17;/h1-15,17-19H;4-12,15-16H,14H2,1-3H3;/q2*-1;/i;14D2;. The maximum atomic E-state index is 15.3. The van der Waals surface area contributed by atoms with Crippen LogP contribution in [0.15, 0.2) is 185 Å². The van der Waals surface area contributed by atoms with E-state index in [4.69, 9.17) is 16.6 Å². The molecular formula is C56H40FGeIrN3O2-2. The molecule has 8 heteroatoms. The summed E-state index contributed by atoms with van der Waals surface area (Å²) < 4.78 is 48.9. The Morgan fingerprint density at radius 1 is 0.688 bits per heavy atom. The van der Waals surface area contributed by atoms with Crippen molar-refractivity contribution >= 4 is 83.3 Å². The largest absolute Gasteiger partial charge is 0 e. The Morgan fingerprint density at radius 3 is 2.12 bits per heavy atom. The van der Waals surface area contributed by atoms with Crippen LogP contribution >= 0.6 is 0 Å². The number of aromatic nitrogens is 3. The zero-order chi connectivity index (χ0) is 44.5. The van der Waals surface area contributed by atoms with Gasteiger partial charge >= 0.3 is 144 Å². The molecule has 5 nitrogen and oxygen atoms in total. The molecule has 0 saturated carbocycles. The molecule has 0 atom stereocenters. The summed E-state index contributed by atoms with van der Waals surface area (Å²) in [6, 6.07) is 60.9. The molecule has 12 aromatic rings. The molecule has 0 fully saturated rings. The van der Waals surface area contributed by atoms with Crippen molar-refractivity contribution in [2.24, 2.45) is 0 Å². The van der Waals surface area contributed by atoms with Crippen molar-refractivity contribution in [3.05, 3.63) is 205 Å². The molecule has 0 unspecified atom stereocenters. The summed E-state index contributed by atoms with van der Waals surface area (Å²) in [5.41, 5.74) is 8.81. The third kappa shape index (κ3) is 7.43. The number of furan rings is 2. The van der Waals surface area contributed by atoms with Gasteiger partial charge in [-0.2, -0.15) is 0 Å². The van der Waals surface area contributed by atoms with E-state index < -0.39 is 19.6 Å². The van der Waals surface area contributed by atoms with Crippen LogP contribution in [0, 0.1) is 17.9 Å². The smallest absolute Gasteiger partial charge is 0 e. The van der Waals surface area contributed by atoms with Crippen LogP contribution in [0.5, 0.6) is 0 Å². The van der Waals surface area contributed by atoms with E-state index in [0.717, 1.165) is 76.0 Å². The molecule has 1 radical (unpaired) electrons. The quantitative estimate of drug-likeness (QED) is 0.123. The molecular weight excluding hydrogens is 1030 g/mol. The molecule has 12 rings (SSSR count). The summed E-state index contributed by atoms with van der Waals surface area (Å²) in [7, 11) is 0. The van der Waals surface area contributed by atoms with E-state index in [1.807, 2.05) is 134 Å². The second-order valence-corrected chi connectivity index (χ2v) is 27.2. The third-order valence-electron chi connectivity index (χ3n) is 11.5. The van der Waals surface area contributed by atoms with Crippen LogP contribution in [0.25, 0.3) is 94.0 Å². The minimum absolute atomic E-state index is 0. The SMILES string of the molecule is Fc1c[c-]c(-c2nc3cc4ccccc4cc3n2-c2cccc3c2oc2ccccc23)c2oc3ccccc3c12.[2H]C([2H])(c1ccccc1)c1cc(-c2[c-]cccc2)nc[c]1[Ge]([CH3])([CH3])[CH3].[Ir]. The van der Waals surface area contributed by atoms with Gasteiger partial charge < -0.3 is 13.4 Å². The van der Waals surface area contributed by atoms with Gasteiger partial charge in [-0.05, 0) is 46.5 Å². The Kier molecular flexibility index (Phi) is 10.2. The van der Waals surface area contributed by atoms with Gasteiger partial charge in [-0.1, -0.05) is 78.4 Å². The topological polar surface area (TPSA) is 57.0 Å². The monoisotopic (exact) mass is 1070 g/mol. The van der Waals surface area contributed by atoms with Gasteiger partial charge in [0.2, 0.25) is 0 Å². The summed E-state index contributed by atoms with van der Waals surface area (Å²) in [5.74, 6) is 7.04. The number of rotatable bonds is 6. The van der Waals surface area contributed by atoms with Crippen LogP contribution in [0.4, 0.5) is 4.39 Å². The van der Waals surface area contributed by atoms with Crippen molar-refractivity contribution in [3.8, 4) is 28.3 Å². The van der Waals surface area contributed by atoms with Crippen LogP contribution in [-0.4, -0.2) is 27.8 Å². The van der Waals surface area contributed by atoms with E-state index in [1.165, 1.54) is 6.07 Å². The summed E-state index contributed by atoms with van der Waals surface area (Å²) >= 11 is -2.30. The first-order chi connectivity index (χ1) is 31.5. The van der Waals surface area contributed by atoms with E-state index in [-0.39, 0.29) is 25.9 Å². The maximum absolute atomic E-state index is 15.3. The first kappa shape index (κ1) is 39.0. The van der Waals surface area contributed by atoms with Crippen molar-refractivity contribution in [2.75, 3.05) is 0 Å². The maximum Gasteiger partial charge on any atom is 0 e. The second-order valence-electron chi connectivity index (χ2n) is 16.7. The van der Waals surface area contributed by atoms with Crippen molar-refractivity contribution < 1.29 is 36.1 Å². The first-order valence-corrected chi connectivity index (χ1v) is 28.3. The van der Waals surface area contributed by atoms with E-state index in [0.29, 0.717) is 33.5 Å². The van der Waals surface area contributed by atoms with Crippen LogP contribution in [0.3, 0.4) is 0 Å². The van der Waals surface area contributed by atoms with Crippen molar-refractivity contribution in [1.82, 2.24) is 14.5 Å². The van der Waals surface area contributed by atoms with E-state index >= 15 is 4.39 Å². The summed E-state index contributed by atoms with van der Waals surface area (Å²) in [6.45, 7) is 0. The fourth-order valence-corrected chi connectivity index (χ4v) is 11.4. The van der Waals surface area contributed by atoms with Gasteiger partial charge in [-0.3, -0.25) is 9.37 Å². The minimum Gasteiger partial charge on any atom is 0 e. The minimum atomic E-state index is -2.30. The molecule has 4 heterocycles. The van der Waals surface area contributed by atoms with E-state index in [2.05, 4.69) is 75.4 Å². The van der Waals surface area contributed by atoms with Crippen molar-refractivity contribution in [1.29, 1.82) is 0 Å². The number of hydrogen-bond donors (Lipinski definition) is 0. The van der Waals surface area contributed by atoms with Gasteiger partial charge in [0, 0.05) is 42.1 Å².